The largest absolute Gasteiger partial charge is 0.477 e. The van der Waals surface area contributed by atoms with Crippen molar-refractivity contribution in [3.63, 3.8) is 0 Å². The average molecular weight is 420 g/mol. The van der Waals surface area contributed by atoms with Crippen molar-refractivity contribution >= 4 is 40.5 Å². The molecule has 28 heavy (non-hydrogen) atoms. The Bertz CT molecular complexity index is 1110. The van der Waals surface area contributed by atoms with Crippen LogP contribution in [0.25, 0.3) is 11.1 Å². The summed E-state index contributed by atoms with van der Waals surface area (Å²) in [5, 5.41) is 12.9. The predicted octanol–water partition coefficient (Wildman–Crippen LogP) is 5.52. The Hall–Kier alpha value is -2.77. The van der Waals surface area contributed by atoms with Gasteiger partial charge in [0.1, 0.15) is 4.88 Å². The zero-order valence-corrected chi connectivity index (χ0v) is 15.7. The predicted molar refractivity (Wildman–Crippen MR) is 103 cm³/mol. The molecular weight excluding hydrogens is 408 g/mol. The number of rotatable bonds is 3. The van der Waals surface area contributed by atoms with Gasteiger partial charge >= 0.3 is 5.97 Å². The SMILES string of the molecule is O=C1CC(c2cccc(F)c2F)c2sc(C(=O)O)c(-c3ccc(Cl)cc3)c2N1. The van der Waals surface area contributed by atoms with Crippen LogP contribution in [0.5, 0.6) is 0 Å². The van der Waals surface area contributed by atoms with Crippen molar-refractivity contribution in [1.82, 2.24) is 0 Å². The molecule has 8 heteroatoms. The summed E-state index contributed by atoms with van der Waals surface area (Å²) in [4.78, 5) is 24.7. The van der Waals surface area contributed by atoms with Crippen LogP contribution in [0.4, 0.5) is 14.5 Å². The van der Waals surface area contributed by atoms with Crippen LogP contribution in [0.2, 0.25) is 5.02 Å². The highest BCUT2D eigenvalue weighted by atomic mass is 35.5. The number of benzene rings is 2. The van der Waals surface area contributed by atoms with E-state index in [-0.39, 0.29) is 16.9 Å². The molecule has 1 amide bonds. The minimum absolute atomic E-state index is 0.0105. The van der Waals surface area contributed by atoms with Gasteiger partial charge in [-0.1, -0.05) is 35.9 Å². The van der Waals surface area contributed by atoms with Crippen molar-refractivity contribution in [3.05, 3.63) is 74.4 Å². The summed E-state index contributed by atoms with van der Waals surface area (Å²) in [6.45, 7) is 0. The molecule has 0 saturated carbocycles. The van der Waals surface area contributed by atoms with Gasteiger partial charge in [-0.05, 0) is 29.3 Å². The second-order valence-electron chi connectivity index (χ2n) is 6.31. The number of carboxylic acids is 1. The molecule has 4 rings (SSSR count). The van der Waals surface area contributed by atoms with Gasteiger partial charge in [-0.3, -0.25) is 4.79 Å². The third-order valence-corrected chi connectivity index (χ3v) is 6.13. The minimum atomic E-state index is -1.17. The molecular formula is C20H12ClF2NO3S. The lowest BCUT2D eigenvalue weighted by Gasteiger charge is -2.24. The number of hydrogen-bond acceptors (Lipinski definition) is 3. The Balaban J connectivity index is 1.96. The number of halogens is 3. The van der Waals surface area contributed by atoms with Gasteiger partial charge in [0.15, 0.2) is 11.6 Å². The van der Waals surface area contributed by atoms with E-state index in [1.54, 1.807) is 24.3 Å². The lowest BCUT2D eigenvalue weighted by Crippen LogP contribution is -2.23. The molecule has 142 valence electrons. The Morgan fingerprint density at radius 3 is 2.57 bits per heavy atom. The number of anilines is 1. The van der Waals surface area contributed by atoms with Gasteiger partial charge < -0.3 is 10.4 Å². The molecule has 2 aromatic carbocycles. The van der Waals surface area contributed by atoms with E-state index in [2.05, 4.69) is 5.32 Å². The molecule has 0 spiro atoms. The number of nitrogens with one attached hydrogen (secondary N) is 1. The first-order valence-electron chi connectivity index (χ1n) is 8.26. The van der Waals surface area contributed by atoms with Gasteiger partial charge in [-0.15, -0.1) is 11.3 Å². The molecule has 0 saturated heterocycles. The van der Waals surface area contributed by atoms with Crippen LogP contribution >= 0.6 is 22.9 Å². The maximum absolute atomic E-state index is 14.4. The van der Waals surface area contributed by atoms with Gasteiger partial charge in [0.25, 0.3) is 0 Å². The average Bonchev–Trinajstić information content (AvgIpc) is 3.04. The van der Waals surface area contributed by atoms with Crippen molar-refractivity contribution in [1.29, 1.82) is 0 Å². The zero-order valence-electron chi connectivity index (χ0n) is 14.1. The van der Waals surface area contributed by atoms with Gasteiger partial charge in [-0.2, -0.15) is 0 Å². The number of amides is 1. The van der Waals surface area contributed by atoms with Crippen LogP contribution < -0.4 is 5.32 Å². The van der Waals surface area contributed by atoms with E-state index >= 15 is 0 Å². The molecule has 1 atom stereocenters. The van der Waals surface area contributed by atoms with E-state index in [4.69, 9.17) is 11.6 Å². The zero-order chi connectivity index (χ0) is 20.0. The monoisotopic (exact) mass is 419 g/mol. The number of carbonyl (C=O) groups excluding carboxylic acids is 1. The lowest BCUT2D eigenvalue weighted by atomic mass is 9.88. The first-order chi connectivity index (χ1) is 13.4. The summed E-state index contributed by atoms with van der Waals surface area (Å²) in [5.74, 6) is -4.39. The molecule has 1 aliphatic heterocycles. The van der Waals surface area contributed by atoms with Gasteiger partial charge in [-0.25, -0.2) is 13.6 Å². The standard InChI is InChI=1S/C20H12ClF2NO3S/c21-10-6-4-9(5-7-10)15-17-18(28-19(15)20(26)27)12(8-14(25)24-17)11-2-1-3-13(22)16(11)23/h1-7,12H,8H2,(H,24,25)(H,26,27). The van der Waals surface area contributed by atoms with Gasteiger partial charge in [0, 0.05) is 27.8 Å². The Labute approximate surface area is 167 Å². The van der Waals surface area contributed by atoms with E-state index < -0.39 is 29.4 Å². The second-order valence-corrected chi connectivity index (χ2v) is 7.79. The molecule has 2 heterocycles. The first-order valence-corrected chi connectivity index (χ1v) is 9.46. The smallest absolute Gasteiger partial charge is 0.346 e. The number of carboxylic acid groups (broad SMARTS) is 1. The van der Waals surface area contributed by atoms with Crippen LogP contribution in [0.1, 0.15) is 32.5 Å². The molecule has 0 bridgehead atoms. The maximum Gasteiger partial charge on any atom is 0.346 e. The first kappa shape index (κ1) is 18.6. The van der Waals surface area contributed by atoms with Crippen LogP contribution in [-0.4, -0.2) is 17.0 Å². The van der Waals surface area contributed by atoms with E-state index in [1.807, 2.05) is 0 Å². The number of hydrogen-bond donors (Lipinski definition) is 2. The molecule has 1 aliphatic rings. The summed E-state index contributed by atoms with van der Waals surface area (Å²) in [7, 11) is 0. The Kier molecular flexibility index (Phi) is 4.64. The van der Waals surface area contributed by atoms with Crippen molar-refractivity contribution in [2.45, 2.75) is 12.3 Å². The summed E-state index contributed by atoms with van der Waals surface area (Å²) < 4.78 is 28.2. The molecule has 1 aromatic heterocycles. The van der Waals surface area contributed by atoms with E-state index in [0.29, 0.717) is 26.7 Å². The Morgan fingerprint density at radius 2 is 1.89 bits per heavy atom. The quantitative estimate of drug-likeness (QED) is 0.587. The summed E-state index contributed by atoms with van der Waals surface area (Å²) in [6.07, 6.45) is -0.104. The summed E-state index contributed by atoms with van der Waals surface area (Å²) >= 11 is 6.87. The third kappa shape index (κ3) is 3.06. The summed E-state index contributed by atoms with van der Waals surface area (Å²) in [6, 6.07) is 10.3. The highest BCUT2D eigenvalue weighted by molar-refractivity contribution is 7.15. The maximum atomic E-state index is 14.4. The summed E-state index contributed by atoms with van der Waals surface area (Å²) in [5.41, 5.74) is 1.23. The minimum Gasteiger partial charge on any atom is -0.477 e. The van der Waals surface area contributed by atoms with Crippen LogP contribution in [0.3, 0.4) is 0 Å². The number of fused-ring (bicyclic) bond motifs is 1. The van der Waals surface area contributed by atoms with Crippen molar-refractivity contribution in [3.8, 4) is 11.1 Å². The molecule has 0 fully saturated rings. The van der Waals surface area contributed by atoms with Gasteiger partial charge in [0.05, 0.1) is 5.69 Å². The normalized spacial score (nSPS) is 15.8. The fourth-order valence-corrected chi connectivity index (χ4v) is 4.73. The molecule has 0 radical (unpaired) electrons. The van der Waals surface area contributed by atoms with Crippen LogP contribution in [0, 0.1) is 11.6 Å². The van der Waals surface area contributed by atoms with Crippen LogP contribution in [0.15, 0.2) is 42.5 Å². The topological polar surface area (TPSA) is 66.4 Å². The fourth-order valence-electron chi connectivity index (χ4n) is 3.37. The highest BCUT2D eigenvalue weighted by Crippen LogP contribution is 2.49. The number of thiophene rings is 1. The van der Waals surface area contributed by atoms with Crippen molar-refractivity contribution in [2.75, 3.05) is 5.32 Å². The molecule has 4 nitrogen and oxygen atoms in total. The van der Waals surface area contributed by atoms with Crippen molar-refractivity contribution in [2.24, 2.45) is 0 Å². The molecule has 3 aromatic rings. The molecule has 0 aliphatic carbocycles. The lowest BCUT2D eigenvalue weighted by molar-refractivity contribution is -0.116. The van der Waals surface area contributed by atoms with Crippen LogP contribution in [-0.2, 0) is 4.79 Å². The van der Waals surface area contributed by atoms with Crippen molar-refractivity contribution < 1.29 is 23.5 Å². The molecule has 1 unspecified atom stereocenters. The number of aromatic carboxylic acids is 1. The van der Waals surface area contributed by atoms with E-state index in [0.717, 1.165) is 17.4 Å². The number of carbonyl (C=O) groups is 2. The second kappa shape index (κ2) is 7.00. The highest BCUT2D eigenvalue weighted by Gasteiger charge is 2.35. The van der Waals surface area contributed by atoms with Gasteiger partial charge in [0.2, 0.25) is 5.91 Å². The molecule has 2 N–H and O–H groups in total. The van der Waals surface area contributed by atoms with E-state index in [1.165, 1.54) is 12.1 Å². The Morgan fingerprint density at radius 1 is 1.18 bits per heavy atom. The fraction of sp³-hybridized carbons (Fsp3) is 0.100. The third-order valence-electron chi connectivity index (χ3n) is 4.59. The van der Waals surface area contributed by atoms with E-state index in [9.17, 15) is 23.5 Å².